The van der Waals surface area contributed by atoms with Gasteiger partial charge in [0.05, 0.1) is 6.54 Å². The number of nitrogens with zero attached hydrogens (tertiary/aromatic N) is 1. The highest BCUT2D eigenvalue weighted by Gasteiger charge is 2.18. The Morgan fingerprint density at radius 1 is 1.30 bits per heavy atom. The predicted molar refractivity (Wildman–Crippen MR) is 117 cm³/mol. The molecule has 0 atom stereocenters. The van der Waals surface area contributed by atoms with Crippen molar-refractivity contribution in [1.29, 1.82) is 0 Å². The van der Waals surface area contributed by atoms with Crippen LogP contribution in [0, 0.1) is 12.7 Å². The van der Waals surface area contributed by atoms with Crippen LogP contribution in [0.1, 0.15) is 36.9 Å². The zero-order valence-electron chi connectivity index (χ0n) is 16.2. The Balaban J connectivity index is 1.81. The molecule has 27 heavy (non-hydrogen) atoms. The Bertz CT molecular complexity index is 923. The van der Waals surface area contributed by atoms with Gasteiger partial charge in [0.2, 0.25) is 0 Å². The average Bonchev–Trinajstić information content (AvgIpc) is 3.17. The second kappa shape index (κ2) is 7.98. The monoisotopic (exact) mass is 403 g/mol. The number of aromatic nitrogens is 1. The van der Waals surface area contributed by atoms with E-state index in [4.69, 9.17) is 12.2 Å². The number of rotatable bonds is 5. The third-order valence-electron chi connectivity index (χ3n) is 4.41. The minimum Gasteiger partial charge on any atom is -0.358 e. The number of nitrogens with one attached hydrogen (secondary N) is 2. The van der Waals surface area contributed by atoms with Gasteiger partial charge >= 0.3 is 0 Å². The van der Waals surface area contributed by atoms with Crippen molar-refractivity contribution >= 4 is 39.6 Å². The van der Waals surface area contributed by atoms with E-state index < -0.39 is 0 Å². The number of thiophene rings is 1. The topological polar surface area (TPSA) is 31.1 Å². The van der Waals surface area contributed by atoms with Crippen molar-refractivity contribution in [3.05, 3.63) is 57.7 Å². The summed E-state index contributed by atoms with van der Waals surface area (Å²) in [6.45, 7) is 9.90. The van der Waals surface area contributed by atoms with Gasteiger partial charge in [-0.2, -0.15) is 0 Å². The molecule has 2 N–H and O–H groups in total. The third kappa shape index (κ3) is 5.08. The van der Waals surface area contributed by atoms with E-state index in [9.17, 15) is 4.39 Å². The molecule has 2 aromatic heterocycles. The van der Waals surface area contributed by atoms with Crippen molar-refractivity contribution in [2.75, 3.05) is 6.54 Å². The van der Waals surface area contributed by atoms with E-state index in [0.29, 0.717) is 0 Å². The number of thiocarbonyl (C=S) groups is 1. The minimum atomic E-state index is -0.205. The molecule has 0 radical (unpaired) electrons. The highest BCUT2D eigenvalue weighted by molar-refractivity contribution is 7.80. The second-order valence-electron chi connectivity index (χ2n) is 7.85. The number of fused-ring (bicyclic) bond motifs is 1. The van der Waals surface area contributed by atoms with E-state index in [1.54, 1.807) is 23.5 Å². The fourth-order valence-corrected chi connectivity index (χ4v) is 4.35. The molecule has 3 nitrogen and oxygen atoms in total. The van der Waals surface area contributed by atoms with Gasteiger partial charge in [-0.15, -0.1) is 11.3 Å². The first-order valence-corrected chi connectivity index (χ1v) is 10.4. The summed E-state index contributed by atoms with van der Waals surface area (Å²) < 4.78 is 13.7. The summed E-state index contributed by atoms with van der Waals surface area (Å²) in [6, 6.07) is 9.10. The van der Waals surface area contributed by atoms with E-state index in [1.165, 1.54) is 10.9 Å². The van der Waals surface area contributed by atoms with Crippen LogP contribution in [0.5, 0.6) is 0 Å². The highest BCUT2D eigenvalue weighted by Crippen LogP contribution is 2.24. The third-order valence-corrected chi connectivity index (χ3v) is 5.63. The van der Waals surface area contributed by atoms with Crippen molar-refractivity contribution in [1.82, 2.24) is 15.2 Å². The van der Waals surface area contributed by atoms with Crippen LogP contribution in [0.4, 0.5) is 4.39 Å². The predicted octanol–water partition coefficient (Wildman–Crippen LogP) is 5.39. The van der Waals surface area contributed by atoms with Gasteiger partial charge in [0.15, 0.2) is 5.11 Å². The summed E-state index contributed by atoms with van der Waals surface area (Å²) in [4.78, 5) is 6.83. The summed E-state index contributed by atoms with van der Waals surface area (Å²) in [5.74, 6) is -0.205. The largest absolute Gasteiger partial charge is 0.358 e. The lowest BCUT2D eigenvalue weighted by Crippen LogP contribution is -2.48. The van der Waals surface area contributed by atoms with Crippen LogP contribution in [0.25, 0.3) is 10.9 Å². The van der Waals surface area contributed by atoms with Crippen LogP contribution in [-0.2, 0) is 13.0 Å². The summed E-state index contributed by atoms with van der Waals surface area (Å²) in [6.07, 6.45) is 0.798. The van der Waals surface area contributed by atoms with E-state index in [2.05, 4.69) is 53.5 Å². The molecule has 0 saturated heterocycles. The number of hydrogen-bond acceptors (Lipinski definition) is 2. The molecule has 3 rings (SSSR count). The van der Waals surface area contributed by atoms with Gasteiger partial charge in [0, 0.05) is 33.6 Å². The molecule has 0 aliphatic heterocycles. The minimum absolute atomic E-state index is 0.0926. The molecule has 0 unspecified atom stereocenters. The van der Waals surface area contributed by atoms with Gasteiger partial charge in [0.1, 0.15) is 5.82 Å². The lowest BCUT2D eigenvalue weighted by Gasteiger charge is -2.31. The van der Waals surface area contributed by atoms with Crippen LogP contribution in [0.3, 0.4) is 0 Å². The van der Waals surface area contributed by atoms with Crippen LogP contribution < -0.4 is 5.32 Å². The molecule has 144 valence electrons. The maximum atomic E-state index is 13.7. The highest BCUT2D eigenvalue weighted by atomic mass is 32.1. The van der Waals surface area contributed by atoms with E-state index in [1.807, 2.05) is 6.92 Å². The molecule has 1 aromatic carbocycles. The van der Waals surface area contributed by atoms with Crippen molar-refractivity contribution in [3.63, 3.8) is 0 Å². The maximum Gasteiger partial charge on any atom is 0.169 e. The molecule has 2 heterocycles. The number of halogens is 1. The van der Waals surface area contributed by atoms with Crippen molar-refractivity contribution < 1.29 is 4.39 Å². The van der Waals surface area contributed by atoms with E-state index in [-0.39, 0.29) is 11.4 Å². The lowest BCUT2D eigenvalue weighted by molar-refractivity contribution is 0.388. The van der Waals surface area contributed by atoms with Crippen LogP contribution in [0.2, 0.25) is 0 Å². The summed E-state index contributed by atoms with van der Waals surface area (Å²) in [7, 11) is 0. The van der Waals surface area contributed by atoms with Gasteiger partial charge in [-0.05, 0) is 81.5 Å². The maximum absolute atomic E-state index is 13.7. The number of aryl methyl sites for hydroxylation is 1. The summed E-state index contributed by atoms with van der Waals surface area (Å²) in [5, 5.41) is 7.21. The standard InChI is InChI=1S/C21H26FN3S2/c1-14-17(18-12-15(22)7-8-19(18)23-14)9-10-25(13-16-6-5-11-27-16)20(26)24-21(2,3)4/h5-8,11-12,23H,9-10,13H2,1-4H3,(H,24,26). The lowest BCUT2D eigenvalue weighted by atomic mass is 10.1. The first kappa shape index (κ1) is 19.8. The Kier molecular flexibility index (Phi) is 5.86. The fraction of sp³-hybridized carbons (Fsp3) is 0.381. The second-order valence-corrected chi connectivity index (χ2v) is 9.27. The quantitative estimate of drug-likeness (QED) is 0.560. The molecule has 0 spiro atoms. The first-order chi connectivity index (χ1) is 12.7. The van der Waals surface area contributed by atoms with E-state index in [0.717, 1.165) is 46.8 Å². The molecule has 0 aliphatic rings. The zero-order chi connectivity index (χ0) is 19.6. The normalized spacial score (nSPS) is 11.7. The molecular formula is C21H26FN3S2. The number of benzene rings is 1. The molecule has 0 aliphatic carbocycles. The Labute approximate surface area is 169 Å². The fourth-order valence-electron chi connectivity index (χ4n) is 3.17. The average molecular weight is 404 g/mol. The molecule has 0 bridgehead atoms. The van der Waals surface area contributed by atoms with Crippen molar-refractivity contribution in [2.24, 2.45) is 0 Å². The van der Waals surface area contributed by atoms with Gasteiger partial charge in [-0.1, -0.05) is 6.07 Å². The van der Waals surface area contributed by atoms with Crippen LogP contribution in [-0.4, -0.2) is 27.1 Å². The molecule has 3 aromatic rings. The van der Waals surface area contributed by atoms with E-state index >= 15 is 0 Å². The summed E-state index contributed by atoms with van der Waals surface area (Å²) in [5.41, 5.74) is 3.12. The Morgan fingerprint density at radius 3 is 2.74 bits per heavy atom. The molecule has 6 heteroatoms. The van der Waals surface area contributed by atoms with Gasteiger partial charge in [0.25, 0.3) is 0 Å². The number of H-pyrrole nitrogens is 1. The molecule has 0 fully saturated rings. The van der Waals surface area contributed by atoms with Crippen molar-refractivity contribution in [3.8, 4) is 0 Å². The zero-order valence-corrected chi connectivity index (χ0v) is 17.9. The van der Waals surface area contributed by atoms with Gasteiger partial charge in [-0.3, -0.25) is 0 Å². The van der Waals surface area contributed by atoms with Crippen LogP contribution >= 0.6 is 23.6 Å². The summed E-state index contributed by atoms with van der Waals surface area (Å²) >= 11 is 7.43. The molecule has 0 saturated carbocycles. The van der Waals surface area contributed by atoms with Crippen LogP contribution in [0.15, 0.2) is 35.7 Å². The van der Waals surface area contributed by atoms with Gasteiger partial charge in [-0.25, -0.2) is 4.39 Å². The number of aromatic amines is 1. The molecule has 0 amide bonds. The Morgan fingerprint density at radius 2 is 2.07 bits per heavy atom. The van der Waals surface area contributed by atoms with Gasteiger partial charge < -0.3 is 15.2 Å². The SMILES string of the molecule is Cc1[nH]c2ccc(F)cc2c1CCN(Cc1cccs1)C(=S)NC(C)(C)C. The first-order valence-electron chi connectivity index (χ1n) is 9.09. The van der Waals surface area contributed by atoms with Crippen molar-refractivity contribution in [2.45, 2.75) is 46.2 Å². The molecular weight excluding hydrogens is 377 g/mol. The Hall–Kier alpha value is -1.92. The number of hydrogen-bond donors (Lipinski definition) is 2. The smallest absolute Gasteiger partial charge is 0.169 e.